The summed E-state index contributed by atoms with van der Waals surface area (Å²) in [5.74, 6) is -2.36. The summed E-state index contributed by atoms with van der Waals surface area (Å²) < 4.78 is 16.5. The summed E-state index contributed by atoms with van der Waals surface area (Å²) in [5.41, 5.74) is 1.79. The van der Waals surface area contributed by atoms with E-state index >= 15 is 0 Å². The molecule has 0 aromatic rings. The SMILES string of the molecule is CCOC(=O)C1=C(COCCN2C(=O)C3CCCCC3C2=O)NC(C)=C(C(=O)OC)C1C1CCCCC1Cl. The number of ether oxygens (including phenoxy) is 3. The molecule has 4 rings (SSSR count). The van der Waals surface area contributed by atoms with Crippen molar-refractivity contribution >= 4 is 35.4 Å². The molecular formula is C28H39ClN2O7. The molecule has 4 aliphatic rings. The molecule has 0 radical (unpaired) electrons. The van der Waals surface area contributed by atoms with Gasteiger partial charge in [-0.1, -0.05) is 25.7 Å². The zero-order valence-electron chi connectivity index (χ0n) is 22.6. The summed E-state index contributed by atoms with van der Waals surface area (Å²) >= 11 is 6.78. The highest BCUT2D eigenvalue weighted by Crippen LogP contribution is 2.44. The number of alkyl halides is 1. The summed E-state index contributed by atoms with van der Waals surface area (Å²) in [5, 5.41) is 2.98. The van der Waals surface area contributed by atoms with Gasteiger partial charge in [-0.05, 0) is 45.4 Å². The lowest BCUT2D eigenvalue weighted by Gasteiger charge is -2.39. The number of allylic oxidation sites excluding steroid dienone is 1. The average Bonchev–Trinajstić information content (AvgIpc) is 3.15. The second kappa shape index (κ2) is 12.6. The Morgan fingerprint density at radius 3 is 2.21 bits per heavy atom. The third-order valence-corrected chi connectivity index (χ3v) is 8.93. The minimum absolute atomic E-state index is 0.0270. The number of likely N-dealkylation sites (tertiary alicyclic amines) is 1. The van der Waals surface area contributed by atoms with Gasteiger partial charge in [-0.3, -0.25) is 14.5 Å². The maximum Gasteiger partial charge on any atom is 0.336 e. The van der Waals surface area contributed by atoms with Crippen LogP contribution in [0.25, 0.3) is 0 Å². The first-order valence-corrected chi connectivity index (χ1v) is 14.3. The molecule has 9 nitrogen and oxygen atoms in total. The highest BCUT2D eigenvalue weighted by molar-refractivity contribution is 6.21. The molecule has 2 aliphatic carbocycles. The molecule has 10 heteroatoms. The van der Waals surface area contributed by atoms with Crippen LogP contribution in [-0.4, -0.2) is 67.5 Å². The number of fused-ring (bicyclic) bond motifs is 1. The van der Waals surface area contributed by atoms with E-state index in [0.29, 0.717) is 22.5 Å². The lowest BCUT2D eigenvalue weighted by atomic mass is 9.70. The number of imide groups is 1. The van der Waals surface area contributed by atoms with Crippen LogP contribution in [0.2, 0.25) is 0 Å². The van der Waals surface area contributed by atoms with E-state index in [0.717, 1.165) is 51.4 Å². The van der Waals surface area contributed by atoms with Crippen LogP contribution in [0.3, 0.4) is 0 Å². The number of methoxy groups -OCH3 is 1. The zero-order chi connectivity index (χ0) is 27.4. The first-order valence-electron chi connectivity index (χ1n) is 13.8. The number of hydrogen-bond donors (Lipinski definition) is 1. The van der Waals surface area contributed by atoms with Gasteiger partial charge in [0.2, 0.25) is 11.8 Å². The molecule has 3 fully saturated rings. The van der Waals surface area contributed by atoms with Gasteiger partial charge in [0.15, 0.2) is 0 Å². The number of carbonyl (C=O) groups excluding carboxylic acids is 4. The van der Waals surface area contributed by atoms with Crippen molar-refractivity contribution in [1.82, 2.24) is 10.2 Å². The largest absolute Gasteiger partial charge is 0.466 e. The Morgan fingerprint density at radius 2 is 1.61 bits per heavy atom. The average molecular weight is 551 g/mol. The standard InChI is InChI=1S/C28H39ClN2O7/c1-4-38-28(35)24-21(15-37-14-13-31-25(32)17-9-5-6-10-18(17)26(31)33)30-16(2)22(27(34)36-3)23(24)19-11-7-8-12-20(19)29/h17-20,23,30H,4-15H2,1-3H3. The Morgan fingerprint density at radius 1 is 0.974 bits per heavy atom. The monoisotopic (exact) mass is 550 g/mol. The van der Waals surface area contributed by atoms with Gasteiger partial charge >= 0.3 is 11.9 Å². The number of esters is 2. The van der Waals surface area contributed by atoms with Gasteiger partial charge in [-0.2, -0.15) is 0 Å². The Balaban J connectivity index is 1.54. The van der Waals surface area contributed by atoms with E-state index < -0.39 is 17.9 Å². The molecule has 5 unspecified atom stereocenters. The highest BCUT2D eigenvalue weighted by Gasteiger charge is 2.48. The van der Waals surface area contributed by atoms with Gasteiger partial charge in [0.05, 0.1) is 62.2 Å². The molecular weight excluding hydrogens is 512 g/mol. The summed E-state index contributed by atoms with van der Waals surface area (Å²) in [6.07, 6.45) is 7.01. The molecule has 0 bridgehead atoms. The number of rotatable bonds is 9. The van der Waals surface area contributed by atoms with Gasteiger partial charge in [0.1, 0.15) is 0 Å². The van der Waals surface area contributed by atoms with Crippen LogP contribution in [0.4, 0.5) is 0 Å². The molecule has 2 amide bonds. The second-order valence-electron chi connectivity index (χ2n) is 10.6. The predicted octanol–water partition coefficient (Wildman–Crippen LogP) is 3.46. The molecule has 1 N–H and O–H groups in total. The van der Waals surface area contributed by atoms with Crippen molar-refractivity contribution < 1.29 is 33.4 Å². The smallest absolute Gasteiger partial charge is 0.336 e. The van der Waals surface area contributed by atoms with Crippen LogP contribution in [0, 0.1) is 23.7 Å². The van der Waals surface area contributed by atoms with E-state index in [1.54, 1.807) is 13.8 Å². The molecule has 38 heavy (non-hydrogen) atoms. The van der Waals surface area contributed by atoms with Crippen LogP contribution in [0.5, 0.6) is 0 Å². The van der Waals surface area contributed by atoms with Crippen LogP contribution in [0.15, 0.2) is 22.5 Å². The molecule has 0 aromatic heterocycles. The van der Waals surface area contributed by atoms with Gasteiger partial charge < -0.3 is 19.5 Å². The van der Waals surface area contributed by atoms with E-state index in [2.05, 4.69) is 5.32 Å². The fourth-order valence-electron chi connectivity index (χ4n) is 6.59. The molecule has 210 valence electrons. The van der Waals surface area contributed by atoms with Crippen LogP contribution >= 0.6 is 11.6 Å². The van der Waals surface area contributed by atoms with Crippen molar-refractivity contribution in [3.05, 3.63) is 22.5 Å². The topological polar surface area (TPSA) is 111 Å². The first kappa shape index (κ1) is 28.6. The third kappa shape index (κ3) is 5.64. The van der Waals surface area contributed by atoms with Crippen molar-refractivity contribution in [2.45, 2.75) is 70.6 Å². The number of dihydropyridines is 1. The molecule has 5 atom stereocenters. The van der Waals surface area contributed by atoms with E-state index in [1.165, 1.54) is 12.0 Å². The van der Waals surface area contributed by atoms with E-state index in [-0.39, 0.29) is 61.3 Å². The van der Waals surface area contributed by atoms with Crippen LogP contribution in [-0.2, 0) is 33.4 Å². The molecule has 0 spiro atoms. The van der Waals surface area contributed by atoms with Crippen molar-refractivity contribution in [3.63, 3.8) is 0 Å². The first-order chi connectivity index (χ1) is 18.3. The fourth-order valence-corrected chi connectivity index (χ4v) is 7.01. The predicted molar refractivity (Wildman–Crippen MR) is 140 cm³/mol. The fraction of sp³-hybridized carbons (Fsp3) is 0.714. The Hall–Kier alpha value is -2.39. The van der Waals surface area contributed by atoms with Gasteiger partial charge in [0, 0.05) is 17.0 Å². The number of nitrogens with zero attached hydrogens (tertiary/aromatic N) is 1. The summed E-state index contributed by atoms with van der Waals surface area (Å²) in [6.45, 7) is 4.02. The number of carbonyl (C=O) groups is 4. The molecule has 2 saturated carbocycles. The molecule has 2 heterocycles. The van der Waals surface area contributed by atoms with E-state index in [9.17, 15) is 19.2 Å². The highest BCUT2D eigenvalue weighted by atomic mass is 35.5. The van der Waals surface area contributed by atoms with Gasteiger partial charge in [-0.25, -0.2) is 9.59 Å². The molecule has 1 saturated heterocycles. The quantitative estimate of drug-likeness (QED) is 0.201. The third-order valence-electron chi connectivity index (χ3n) is 8.39. The zero-order valence-corrected chi connectivity index (χ0v) is 23.3. The van der Waals surface area contributed by atoms with Crippen molar-refractivity contribution in [1.29, 1.82) is 0 Å². The number of halogens is 1. The maximum absolute atomic E-state index is 13.3. The molecule has 0 aromatic carbocycles. The minimum Gasteiger partial charge on any atom is -0.466 e. The maximum atomic E-state index is 13.3. The molecule has 2 aliphatic heterocycles. The Labute approximate surface area is 229 Å². The van der Waals surface area contributed by atoms with Gasteiger partial charge in [-0.15, -0.1) is 11.6 Å². The van der Waals surface area contributed by atoms with Crippen LogP contribution in [0.1, 0.15) is 65.2 Å². The lowest BCUT2D eigenvalue weighted by Crippen LogP contribution is -2.42. The summed E-state index contributed by atoms with van der Waals surface area (Å²) in [7, 11) is 1.32. The number of nitrogens with one attached hydrogen (secondary N) is 1. The number of hydrogen-bond acceptors (Lipinski definition) is 8. The van der Waals surface area contributed by atoms with Crippen LogP contribution < -0.4 is 5.32 Å². The lowest BCUT2D eigenvalue weighted by molar-refractivity contribution is -0.141. The van der Waals surface area contributed by atoms with Crippen molar-refractivity contribution in [3.8, 4) is 0 Å². The summed E-state index contributed by atoms with van der Waals surface area (Å²) in [6, 6.07) is 0. The van der Waals surface area contributed by atoms with Crippen molar-refractivity contribution in [2.75, 3.05) is 33.5 Å². The Kier molecular flexibility index (Phi) is 9.52. The summed E-state index contributed by atoms with van der Waals surface area (Å²) in [4.78, 5) is 53.1. The minimum atomic E-state index is -0.589. The van der Waals surface area contributed by atoms with E-state index in [1.807, 2.05) is 0 Å². The Bertz CT molecular complexity index is 999. The second-order valence-corrected chi connectivity index (χ2v) is 11.1. The van der Waals surface area contributed by atoms with Gasteiger partial charge in [0.25, 0.3) is 0 Å². The normalized spacial score (nSPS) is 29.8. The van der Waals surface area contributed by atoms with E-state index in [4.69, 9.17) is 25.8 Å². The van der Waals surface area contributed by atoms with Crippen molar-refractivity contribution in [2.24, 2.45) is 23.7 Å². The number of amides is 2.